The Morgan fingerprint density at radius 1 is 1.29 bits per heavy atom. The Hall–Kier alpha value is -1.23. The summed E-state index contributed by atoms with van der Waals surface area (Å²) in [5.74, 6) is -0.208. The molecule has 24 heavy (non-hydrogen) atoms. The molecule has 3 aliphatic rings. The van der Waals surface area contributed by atoms with E-state index in [1.165, 1.54) is 16.7 Å². The molecule has 0 radical (unpaired) electrons. The molecule has 3 fully saturated rings. The number of hydrogen-bond acceptors (Lipinski definition) is 4. The van der Waals surface area contributed by atoms with Gasteiger partial charge >= 0.3 is 0 Å². The maximum Gasteiger partial charge on any atom is 0.172 e. The van der Waals surface area contributed by atoms with Crippen LogP contribution >= 0.6 is 0 Å². The van der Waals surface area contributed by atoms with Gasteiger partial charge in [0.05, 0.1) is 19.3 Å². The number of benzene rings is 1. The molecule has 4 heteroatoms. The van der Waals surface area contributed by atoms with Crippen molar-refractivity contribution in [3.8, 4) is 0 Å². The fourth-order valence-electron chi connectivity index (χ4n) is 4.91. The van der Waals surface area contributed by atoms with Crippen molar-refractivity contribution in [2.75, 3.05) is 13.2 Å². The molecule has 2 aliphatic carbocycles. The van der Waals surface area contributed by atoms with Gasteiger partial charge in [-0.1, -0.05) is 23.8 Å². The van der Waals surface area contributed by atoms with Gasteiger partial charge in [0.1, 0.15) is 5.78 Å². The maximum atomic E-state index is 12.7. The van der Waals surface area contributed by atoms with Gasteiger partial charge in [0, 0.05) is 24.7 Å². The topological polar surface area (TPSA) is 55.8 Å². The summed E-state index contributed by atoms with van der Waals surface area (Å²) in [4.78, 5) is 12.7. The first-order valence-electron chi connectivity index (χ1n) is 9.05. The Labute approximate surface area is 143 Å². The third-order valence-electron chi connectivity index (χ3n) is 6.29. The minimum Gasteiger partial charge on any atom is -0.392 e. The highest BCUT2D eigenvalue weighted by Crippen LogP contribution is 2.59. The zero-order valence-corrected chi connectivity index (χ0v) is 14.5. The molecule has 4 nitrogen and oxygen atoms in total. The molecule has 130 valence electrons. The van der Waals surface area contributed by atoms with Crippen LogP contribution in [0.4, 0.5) is 0 Å². The standard InChI is InChI=1S/C20H26O4/c1-12-3-4-14(13(2)9-12)5-6-18(21)15-10-17-16(19(15)22)11-20(17)23-7-8-24-20/h3-4,9,15-17,19,22H,5-8,10-11H2,1-2H3/t15-,16-,17+,19?/m1/s1. The number of fused-ring (bicyclic) bond motifs is 2. The molecule has 1 aromatic carbocycles. The Balaban J connectivity index is 1.38. The van der Waals surface area contributed by atoms with E-state index >= 15 is 0 Å². The molecular formula is C20H26O4. The maximum absolute atomic E-state index is 12.7. The van der Waals surface area contributed by atoms with Gasteiger partial charge in [0.25, 0.3) is 0 Å². The third-order valence-corrected chi connectivity index (χ3v) is 6.29. The number of hydrogen-bond donors (Lipinski definition) is 1. The molecule has 1 unspecified atom stereocenters. The number of rotatable bonds is 4. The van der Waals surface area contributed by atoms with Gasteiger partial charge in [-0.15, -0.1) is 0 Å². The van der Waals surface area contributed by atoms with Crippen molar-refractivity contribution < 1.29 is 19.4 Å². The summed E-state index contributed by atoms with van der Waals surface area (Å²) in [5.41, 5.74) is 3.71. The molecule has 1 N–H and O–H groups in total. The van der Waals surface area contributed by atoms with E-state index in [1.807, 2.05) is 0 Å². The molecule has 1 aromatic rings. The van der Waals surface area contributed by atoms with Crippen molar-refractivity contribution >= 4 is 5.78 Å². The van der Waals surface area contributed by atoms with E-state index in [2.05, 4.69) is 32.0 Å². The van der Waals surface area contributed by atoms with E-state index in [-0.39, 0.29) is 23.5 Å². The first-order valence-corrected chi connectivity index (χ1v) is 9.05. The van der Waals surface area contributed by atoms with Crippen LogP contribution in [0.1, 0.15) is 36.0 Å². The first kappa shape index (κ1) is 16.2. The molecule has 4 atom stereocenters. The molecule has 1 saturated heterocycles. The van der Waals surface area contributed by atoms with Crippen LogP contribution in [0, 0.1) is 31.6 Å². The third kappa shape index (κ3) is 2.52. The van der Waals surface area contributed by atoms with Gasteiger partial charge in [0.2, 0.25) is 0 Å². The summed E-state index contributed by atoms with van der Waals surface area (Å²) in [7, 11) is 0. The average molecular weight is 330 g/mol. The molecule has 0 bridgehead atoms. The summed E-state index contributed by atoms with van der Waals surface area (Å²) in [5, 5.41) is 10.5. The average Bonchev–Trinajstić information content (AvgIpc) is 3.12. The number of Topliss-reactive ketones (excluding diaryl/α,β-unsaturated/α-hetero) is 1. The summed E-state index contributed by atoms with van der Waals surface area (Å²) in [6, 6.07) is 6.36. The summed E-state index contributed by atoms with van der Waals surface area (Å²) >= 11 is 0. The normalized spacial score (nSPS) is 33.5. The van der Waals surface area contributed by atoms with Gasteiger partial charge in [-0.3, -0.25) is 4.79 Å². The molecular weight excluding hydrogens is 304 g/mol. The van der Waals surface area contributed by atoms with Crippen LogP contribution < -0.4 is 0 Å². The molecule has 4 rings (SSSR count). The first-order chi connectivity index (χ1) is 11.5. The van der Waals surface area contributed by atoms with E-state index < -0.39 is 11.9 Å². The number of carbonyl (C=O) groups is 1. The van der Waals surface area contributed by atoms with Crippen LogP contribution in [0.5, 0.6) is 0 Å². The zero-order chi connectivity index (χ0) is 16.9. The Morgan fingerprint density at radius 2 is 2.04 bits per heavy atom. The summed E-state index contributed by atoms with van der Waals surface area (Å²) in [6.45, 7) is 5.43. The van der Waals surface area contributed by atoms with Gasteiger partial charge in [-0.25, -0.2) is 0 Å². The number of ketones is 1. The van der Waals surface area contributed by atoms with Gasteiger partial charge < -0.3 is 14.6 Å². The number of ether oxygens (including phenoxy) is 2. The lowest BCUT2D eigenvalue weighted by atomic mass is 9.69. The van der Waals surface area contributed by atoms with Crippen molar-refractivity contribution in [1.29, 1.82) is 0 Å². The van der Waals surface area contributed by atoms with Crippen LogP contribution in [0.25, 0.3) is 0 Å². The lowest BCUT2D eigenvalue weighted by Crippen LogP contribution is -2.54. The second-order valence-corrected chi connectivity index (χ2v) is 7.71. The van der Waals surface area contributed by atoms with E-state index in [4.69, 9.17) is 9.47 Å². The van der Waals surface area contributed by atoms with Crippen molar-refractivity contribution in [3.63, 3.8) is 0 Å². The van der Waals surface area contributed by atoms with E-state index in [0.29, 0.717) is 26.1 Å². The van der Waals surface area contributed by atoms with Crippen molar-refractivity contribution in [1.82, 2.24) is 0 Å². The van der Waals surface area contributed by atoms with E-state index in [0.717, 1.165) is 12.8 Å². The lowest BCUT2D eigenvalue weighted by molar-refractivity contribution is -0.275. The number of aliphatic hydroxyl groups excluding tert-OH is 1. The van der Waals surface area contributed by atoms with Crippen molar-refractivity contribution in [3.05, 3.63) is 34.9 Å². The van der Waals surface area contributed by atoms with Crippen molar-refractivity contribution in [2.45, 2.75) is 51.4 Å². The van der Waals surface area contributed by atoms with Gasteiger partial charge in [-0.05, 0) is 43.7 Å². The van der Waals surface area contributed by atoms with Gasteiger partial charge in [0.15, 0.2) is 5.79 Å². The molecule has 1 aliphatic heterocycles. The fraction of sp³-hybridized carbons (Fsp3) is 0.650. The quantitative estimate of drug-likeness (QED) is 0.922. The summed E-state index contributed by atoms with van der Waals surface area (Å²) in [6.07, 6.45) is 2.17. The predicted octanol–water partition coefficient (Wildman–Crippen LogP) is 2.57. The van der Waals surface area contributed by atoms with Crippen LogP contribution in [-0.4, -0.2) is 36.0 Å². The lowest BCUT2D eigenvalue weighted by Gasteiger charge is -2.48. The Bertz CT molecular complexity index is 647. The highest BCUT2D eigenvalue weighted by molar-refractivity contribution is 5.82. The monoisotopic (exact) mass is 330 g/mol. The van der Waals surface area contributed by atoms with E-state index in [1.54, 1.807) is 0 Å². The van der Waals surface area contributed by atoms with Crippen LogP contribution in [-0.2, 0) is 20.7 Å². The second kappa shape index (κ2) is 5.94. The molecule has 0 aromatic heterocycles. The fourth-order valence-corrected chi connectivity index (χ4v) is 4.91. The van der Waals surface area contributed by atoms with Crippen molar-refractivity contribution in [2.24, 2.45) is 17.8 Å². The zero-order valence-electron chi connectivity index (χ0n) is 14.5. The van der Waals surface area contributed by atoms with Crippen LogP contribution in [0.2, 0.25) is 0 Å². The highest BCUT2D eigenvalue weighted by Gasteiger charge is 2.65. The van der Waals surface area contributed by atoms with Crippen LogP contribution in [0.15, 0.2) is 18.2 Å². The van der Waals surface area contributed by atoms with Gasteiger partial charge in [-0.2, -0.15) is 0 Å². The Morgan fingerprint density at radius 3 is 2.75 bits per heavy atom. The highest BCUT2D eigenvalue weighted by atomic mass is 16.7. The largest absolute Gasteiger partial charge is 0.392 e. The molecule has 1 spiro atoms. The number of aliphatic hydroxyl groups is 1. The number of carbonyl (C=O) groups excluding carboxylic acids is 1. The smallest absolute Gasteiger partial charge is 0.172 e. The minimum absolute atomic E-state index is 0.165. The molecule has 0 amide bonds. The SMILES string of the molecule is Cc1ccc(CCC(=O)[C@H]2C[C@H]3[C@@H](CC34OCCO4)C2O)c(C)c1. The summed E-state index contributed by atoms with van der Waals surface area (Å²) < 4.78 is 11.6. The predicted molar refractivity (Wildman–Crippen MR) is 89.6 cm³/mol. The molecule has 2 saturated carbocycles. The minimum atomic E-state index is -0.528. The number of aryl methyl sites for hydroxylation is 3. The Kier molecular flexibility index (Phi) is 4.02. The second-order valence-electron chi connectivity index (χ2n) is 7.71. The molecule has 1 heterocycles. The van der Waals surface area contributed by atoms with Crippen LogP contribution in [0.3, 0.4) is 0 Å². The van der Waals surface area contributed by atoms with E-state index in [9.17, 15) is 9.90 Å².